The predicted octanol–water partition coefficient (Wildman–Crippen LogP) is 2.35. The second kappa shape index (κ2) is 12.6. The smallest absolute Gasteiger partial charge is 0.292 e. The highest BCUT2D eigenvalue weighted by atomic mass is 16.6. The second-order valence-corrected chi connectivity index (χ2v) is 6.93. The Morgan fingerprint density at radius 1 is 1.21 bits per heavy atom. The van der Waals surface area contributed by atoms with Gasteiger partial charge in [-0.2, -0.15) is 0 Å². The summed E-state index contributed by atoms with van der Waals surface area (Å²) in [6.07, 6.45) is 4.72. The standard InChI is InChI=1S/C20H32N6O3/c1-2-21-20(23-12-8-16-25-15-7-3-4-11-19(25)27)24-14-13-22-17-9-5-6-10-18(17)26(28)29/h5-6,9-10,22H,2-4,7-8,11-16H2,1H3,(H2,21,23,24). The lowest BCUT2D eigenvalue weighted by atomic mass is 10.2. The quantitative estimate of drug-likeness (QED) is 0.181. The molecule has 2 rings (SSSR count). The van der Waals surface area contributed by atoms with Crippen LogP contribution < -0.4 is 16.0 Å². The topological polar surface area (TPSA) is 112 Å². The normalized spacial score (nSPS) is 15.0. The van der Waals surface area contributed by atoms with Gasteiger partial charge >= 0.3 is 0 Å². The van der Waals surface area contributed by atoms with Crippen molar-refractivity contribution in [2.24, 2.45) is 4.99 Å². The maximum absolute atomic E-state index is 12.0. The van der Waals surface area contributed by atoms with Gasteiger partial charge < -0.3 is 20.9 Å². The van der Waals surface area contributed by atoms with Gasteiger partial charge in [0.25, 0.3) is 5.69 Å². The number of carbonyl (C=O) groups excluding carboxylic acids is 1. The van der Waals surface area contributed by atoms with Gasteiger partial charge in [0.2, 0.25) is 5.91 Å². The van der Waals surface area contributed by atoms with E-state index in [9.17, 15) is 14.9 Å². The summed E-state index contributed by atoms with van der Waals surface area (Å²) < 4.78 is 0. The Hall–Kier alpha value is -2.84. The van der Waals surface area contributed by atoms with Crippen molar-refractivity contribution in [1.82, 2.24) is 15.5 Å². The van der Waals surface area contributed by atoms with Crippen LogP contribution in [0.25, 0.3) is 0 Å². The molecule has 0 aromatic heterocycles. The van der Waals surface area contributed by atoms with E-state index in [1.54, 1.807) is 18.2 Å². The summed E-state index contributed by atoms with van der Waals surface area (Å²) in [6, 6.07) is 6.60. The number of aliphatic imine (C=N–C) groups is 1. The number of nitrogens with zero attached hydrogens (tertiary/aromatic N) is 3. The van der Waals surface area contributed by atoms with E-state index in [2.05, 4.69) is 20.9 Å². The molecule has 9 heteroatoms. The summed E-state index contributed by atoms with van der Waals surface area (Å²) >= 11 is 0. The number of likely N-dealkylation sites (tertiary alicyclic amines) is 1. The Kier molecular flexibility index (Phi) is 9.74. The van der Waals surface area contributed by atoms with Gasteiger partial charge in [-0.1, -0.05) is 18.6 Å². The molecule has 1 amide bonds. The molecule has 0 radical (unpaired) electrons. The fraction of sp³-hybridized carbons (Fsp3) is 0.600. The van der Waals surface area contributed by atoms with E-state index in [1.165, 1.54) is 6.07 Å². The highest BCUT2D eigenvalue weighted by molar-refractivity contribution is 5.79. The molecular weight excluding hydrogens is 372 g/mol. The molecule has 0 bridgehead atoms. The highest BCUT2D eigenvalue weighted by Gasteiger charge is 2.15. The molecule has 9 nitrogen and oxygen atoms in total. The van der Waals surface area contributed by atoms with Gasteiger partial charge in [0, 0.05) is 51.8 Å². The first kappa shape index (κ1) is 22.4. The second-order valence-electron chi connectivity index (χ2n) is 6.93. The Labute approximate surface area is 172 Å². The van der Waals surface area contributed by atoms with E-state index >= 15 is 0 Å². The van der Waals surface area contributed by atoms with Crippen LogP contribution in [0.3, 0.4) is 0 Å². The molecule has 1 heterocycles. The Bertz CT molecular complexity index is 695. The molecule has 0 aliphatic carbocycles. The molecule has 0 spiro atoms. The van der Waals surface area contributed by atoms with Crippen LogP contribution in [0.1, 0.15) is 39.0 Å². The van der Waals surface area contributed by atoms with Gasteiger partial charge in [0.1, 0.15) is 5.69 Å². The molecule has 1 fully saturated rings. The third kappa shape index (κ3) is 7.97. The zero-order valence-corrected chi connectivity index (χ0v) is 17.2. The first-order valence-electron chi connectivity index (χ1n) is 10.4. The number of anilines is 1. The number of nitro groups is 1. The molecule has 1 aliphatic rings. The first-order valence-corrected chi connectivity index (χ1v) is 10.4. The van der Waals surface area contributed by atoms with Crippen LogP contribution in [-0.4, -0.2) is 61.0 Å². The van der Waals surface area contributed by atoms with Gasteiger partial charge in [-0.05, 0) is 32.3 Å². The average molecular weight is 405 g/mol. The van der Waals surface area contributed by atoms with Gasteiger partial charge in [0.15, 0.2) is 5.96 Å². The van der Waals surface area contributed by atoms with Crippen molar-refractivity contribution in [3.8, 4) is 0 Å². The summed E-state index contributed by atoms with van der Waals surface area (Å²) in [5.41, 5.74) is 0.569. The Morgan fingerprint density at radius 2 is 2.03 bits per heavy atom. The zero-order valence-electron chi connectivity index (χ0n) is 17.2. The van der Waals surface area contributed by atoms with Crippen LogP contribution in [-0.2, 0) is 4.79 Å². The summed E-state index contributed by atoms with van der Waals surface area (Å²) in [6.45, 7) is 6.09. The maximum atomic E-state index is 12.0. The van der Waals surface area contributed by atoms with Gasteiger partial charge in [-0.15, -0.1) is 0 Å². The van der Waals surface area contributed by atoms with E-state index in [-0.39, 0.29) is 11.6 Å². The Balaban J connectivity index is 1.73. The number of para-hydroxylation sites is 2. The predicted molar refractivity (Wildman–Crippen MR) is 115 cm³/mol. The molecule has 0 unspecified atom stereocenters. The number of benzene rings is 1. The summed E-state index contributed by atoms with van der Waals surface area (Å²) in [7, 11) is 0. The number of nitrogens with one attached hydrogen (secondary N) is 3. The lowest BCUT2D eigenvalue weighted by Crippen LogP contribution is -2.39. The molecule has 3 N–H and O–H groups in total. The first-order chi connectivity index (χ1) is 14.1. The van der Waals surface area contributed by atoms with Crippen molar-refractivity contribution in [1.29, 1.82) is 0 Å². The number of amides is 1. The van der Waals surface area contributed by atoms with E-state index < -0.39 is 4.92 Å². The van der Waals surface area contributed by atoms with Crippen LogP contribution in [0.4, 0.5) is 11.4 Å². The van der Waals surface area contributed by atoms with Crippen molar-refractivity contribution in [2.75, 3.05) is 44.6 Å². The summed E-state index contributed by atoms with van der Waals surface area (Å²) in [5, 5.41) is 20.5. The molecule has 0 saturated carbocycles. The summed E-state index contributed by atoms with van der Waals surface area (Å²) in [4.78, 5) is 29.2. The Morgan fingerprint density at radius 3 is 2.83 bits per heavy atom. The number of rotatable bonds is 10. The van der Waals surface area contributed by atoms with Gasteiger partial charge in [-0.25, -0.2) is 0 Å². The van der Waals surface area contributed by atoms with E-state index in [4.69, 9.17) is 0 Å². The maximum Gasteiger partial charge on any atom is 0.292 e. The highest BCUT2D eigenvalue weighted by Crippen LogP contribution is 2.22. The number of nitro benzene ring substituents is 1. The largest absolute Gasteiger partial charge is 0.378 e. The lowest BCUT2D eigenvalue weighted by molar-refractivity contribution is -0.384. The molecule has 1 aromatic carbocycles. The van der Waals surface area contributed by atoms with Crippen LogP contribution in [0.5, 0.6) is 0 Å². The van der Waals surface area contributed by atoms with Gasteiger partial charge in [0.05, 0.1) is 4.92 Å². The minimum absolute atomic E-state index is 0.0659. The van der Waals surface area contributed by atoms with Crippen molar-refractivity contribution in [3.05, 3.63) is 34.4 Å². The lowest BCUT2D eigenvalue weighted by Gasteiger charge is -2.20. The molecular formula is C20H32N6O3. The minimum Gasteiger partial charge on any atom is -0.378 e. The van der Waals surface area contributed by atoms with Crippen LogP contribution in [0, 0.1) is 10.1 Å². The third-order valence-electron chi connectivity index (χ3n) is 4.71. The minimum atomic E-state index is -0.393. The molecule has 1 aliphatic heterocycles. The third-order valence-corrected chi connectivity index (χ3v) is 4.71. The van der Waals surface area contributed by atoms with Crippen molar-refractivity contribution in [3.63, 3.8) is 0 Å². The van der Waals surface area contributed by atoms with Crippen LogP contribution in [0.2, 0.25) is 0 Å². The van der Waals surface area contributed by atoms with Crippen molar-refractivity contribution in [2.45, 2.75) is 39.0 Å². The number of hydrogen-bond acceptors (Lipinski definition) is 5. The molecule has 1 saturated heterocycles. The van der Waals surface area contributed by atoms with Crippen LogP contribution in [0.15, 0.2) is 29.3 Å². The van der Waals surface area contributed by atoms with E-state index in [0.29, 0.717) is 37.7 Å². The van der Waals surface area contributed by atoms with E-state index in [0.717, 1.165) is 45.3 Å². The number of hydrogen-bond donors (Lipinski definition) is 3. The fourth-order valence-corrected chi connectivity index (χ4v) is 3.23. The van der Waals surface area contributed by atoms with Gasteiger partial charge in [-0.3, -0.25) is 19.9 Å². The number of carbonyl (C=O) groups is 1. The average Bonchev–Trinajstić information content (AvgIpc) is 2.92. The molecule has 1 aromatic rings. The molecule has 0 atom stereocenters. The van der Waals surface area contributed by atoms with Crippen molar-refractivity contribution < 1.29 is 9.72 Å². The number of guanidine groups is 1. The fourth-order valence-electron chi connectivity index (χ4n) is 3.23. The molecule has 160 valence electrons. The van der Waals surface area contributed by atoms with E-state index in [1.807, 2.05) is 11.8 Å². The van der Waals surface area contributed by atoms with Crippen molar-refractivity contribution >= 4 is 23.2 Å². The van der Waals surface area contributed by atoms with Crippen LogP contribution >= 0.6 is 0 Å². The zero-order chi connectivity index (χ0) is 20.9. The molecule has 29 heavy (non-hydrogen) atoms. The summed E-state index contributed by atoms with van der Waals surface area (Å²) in [5.74, 6) is 0.969. The monoisotopic (exact) mass is 404 g/mol. The SMILES string of the molecule is CCNC(=NCCCN1CCCCCC1=O)NCCNc1ccccc1[N+](=O)[O-].